The molecule has 0 aliphatic carbocycles. The molecule has 0 atom stereocenters. The van der Waals surface area contributed by atoms with E-state index in [2.05, 4.69) is 15.6 Å². The standard InChI is InChI=1S/C19H17N3O2/c1-24-16-9-10-17(14-6-5-11-20-13-14)18(12-16)22-19(23)21-15-7-3-2-4-8-15/h2-13H,1H3,(H2,21,22,23). The van der Waals surface area contributed by atoms with Crippen LogP contribution in [0.25, 0.3) is 11.1 Å². The van der Waals surface area contributed by atoms with Gasteiger partial charge in [-0.15, -0.1) is 0 Å². The van der Waals surface area contributed by atoms with E-state index in [1.165, 1.54) is 0 Å². The number of ether oxygens (including phenoxy) is 1. The first kappa shape index (κ1) is 15.6. The minimum Gasteiger partial charge on any atom is -0.497 e. The van der Waals surface area contributed by atoms with E-state index in [0.29, 0.717) is 11.4 Å². The molecule has 3 rings (SSSR count). The van der Waals surface area contributed by atoms with Gasteiger partial charge in [-0.2, -0.15) is 0 Å². The molecule has 24 heavy (non-hydrogen) atoms. The lowest BCUT2D eigenvalue weighted by atomic mass is 10.1. The number of carbonyl (C=O) groups is 1. The predicted molar refractivity (Wildman–Crippen MR) is 95.3 cm³/mol. The molecule has 0 aliphatic heterocycles. The Morgan fingerprint density at radius 1 is 1.00 bits per heavy atom. The smallest absolute Gasteiger partial charge is 0.323 e. The maximum atomic E-state index is 12.3. The Kier molecular flexibility index (Phi) is 4.72. The van der Waals surface area contributed by atoms with Crippen molar-refractivity contribution in [2.24, 2.45) is 0 Å². The fourth-order valence-electron chi connectivity index (χ4n) is 2.33. The van der Waals surface area contributed by atoms with E-state index in [-0.39, 0.29) is 6.03 Å². The molecule has 2 N–H and O–H groups in total. The molecule has 3 aromatic rings. The van der Waals surface area contributed by atoms with E-state index in [1.54, 1.807) is 25.6 Å². The molecule has 1 heterocycles. The minimum atomic E-state index is -0.320. The van der Waals surface area contributed by atoms with Crippen LogP contribution in [0, 0.1) is 0 Å². The van der Waals surface area contributed by atoms with Gasteiger partial charge in [0.1, 0.15) is 5.75 Å². The number of hydrogen-bond donors (Lipinski definition) is 2. The van der Waals surface area contributed by atoms with E-state index in [9.17, 15) is 4.79 Å². The Morgan fingerprint density at radius 3 is 2.54 bits per heavy atom. The topological polar surface area (TPSA) is 63.2 Å². The Balaban J connectivity index is 1.87. The van der Waals surface area contributed by atoms with E-state index < -0.39 is 0 Å². The van der Waals surface area contributed by atoms with Crippen LogP contribution in [0.1, 0.15) is 0 Å². The van der Waals surface area contributed by atoms with Crippen molar-refractivity contribution < 1.29 is 9.53 Å². The number of urea groups is 1. The van der Waals surface area contributed by atoms with Crippen LogP contribution in [0.15, 0.2) is 73.1 Å². The molecule has 0 saturated heterocycles. The largest absolute Gasteiger partial charge is 0.497 e. The quantitative estimate of drug-likeness (QED) is 0.749. The fraction of sp³-hybridized carbons (Fsp3) is 0.0526. The third-order valence-electron chi connectivity index (χ3n) is 3.48. The molecule has 0 aliphatic rings. The highest BCUT2D eigenvalue weighted by molar-refractivity contribution is 6.02. The Morgan fingerprint density at radius 2 is 1.83 bits per heavy atom. The first-order valence-electron chi connectivity index (χ1n) is 7.48. The van der Waals surface area contributed by atoms with Gasteiger partial charge < -0.3 is 15.4 Å². The van der Waals surface area contributed by atoms with E-state index in [0.717, 1.165) is 16.8 Å². The monoisotopic (exact) mass is 319 g/mol. The average Bonchev–Trinajstić information content (AvgIpc) is 2.63. The van der Waals surface area contributed by atoms with Crippen LogP contribution < -0.4 is 15.4 Å². The molecule has 0 unspecified atom stereocenters. The number of nitrogens with one attached hydrogen (secondary N) is 2. The summed E-state index contributed by atoms with van der Waals surface area (Å²) >= 11 is 0. The number of aromatic nitrogens is 1. The summed E-state index contributed by atoms with van der Waals surface area (Å²) in [5.74, 6) is 0.664. The molecule has 1 aromatic heterocycles. The molecule has 5 heteroatoms. The third kappa shape index (κ3) is 3.70. The number of benzene rings is 2. The van der Waals surface area contributed by atoms with Gasteiger partial charge in [0, 0.05) is 35.3 Å². The number of anilines is 2. The normalized spacial score (nSPS) is 10.0. The zero-order valence-corrected chi connectivity index (χ0v) is 13.2. The van der Waals surface area contributed by atoms with Gasteiger partial charge in [-0.3, -0.25) is 4.98 Å². The summed E-state index contributed by atoms with van der Waals surface area (Å²) in [6, 6.07) is 18.3. The summed E-state index contributed by atoms with van der Waals surface area (Å²) in [6.07, 6.45) is 3.46. The number of para-hydroxylation sites is 1. The molecule has 2 aromatic carbocycles. The van der Waals surface area contributed by atoms with Gasteiger partial charge in [0.2, 0.25) is 0 Å². The highest BCUT2D eigenvalue weighted by atomic mass is 16.5. The van der Waals surface area contributed by atoms with Crippen molar-refractivity contribution >= 4 is 17.4 Å². The second-order valence-corrected chi connectivity index (χ2v) is 5.10. The van der Waals surface area contributed by atoms with Gasteiger partial charge in [-0.25, -0.2) is 4.79 Å². The number of nitrogens with zero attached hydrogens (tertiary/aromatic N) is 1. The highest BCUT2D eigenvalue weighted by Crippen LogP contribution is 2.31. The number of pyridine rings is 1. The van der Waals surface area contributed by atoms with Gasteiger partial charge in [0.15, 0.2) is 0 Å². The van der Waals surface area contributed by atoms with Crippen molar-refractivity contribution in [3.8, 4) is 16.9 Å². The first-order chi connectivity index (χ1) is 11.8. The highest BCUT2D eigenvalue weighted by Gasteiger charge is 2.10. The van der Waals surface area contributed by atoms with E-state index in [4.69, 9.17) is 4.74 Å². The molecule has 5 nitrogen and oxygen atoms in total. The number of amides is 2. The summed E-state index contributed by atoms with van der Waals surface area (Å²) in [7, 11) is 1.59. The van der Waals surface area contributed by atoms with Crippen LogP contribution in [-0.2, 0) is 0 Å². The zero-order chi connectivity index (χ0) is 16.8. The number of hydrogen-bond acceptors (Lipinski definition) is 3. The van der Waals surface area contributed by atoms with E-state index in [1.807, 2.05) is 54.6 Å². The maximum absolute atomic E-state index is 12.3. The van der Waals surface area contributed by atoms with Crippen LogP contribution in [-0.4, -0.2) is 18.1 Å². The Labute approximate surface area is 140 Å². The number of methoxy groups -OCH3 is 1. The molecule has 2 amide bonds. The van der Waals surface area contributed by atoms with Crippen LogP contribution >= 0.6 is 0 Å². The lowest BCUT2D eigenvalue weighted by Crippen LogP contribution is -2.19. The second kappa shape index (κ2) is 7.28. The summed E-state index contributed by atoms with van der Waals surface area (Å²) in [5, 5.41) is 5.67. The number of carbonyl (C=O) groups excluding carboxylic acids is 1. The van der Waals surface area contributed by atoms with Crippen molar-refractivity contribution in [1.29, 1.82) is 0 Å². The van der Waals surface area contributed by atoms with Crippen molar-refractivity contribution in [3.05, 3.63) is 73.1 Å². The predicted octanol–water partition coefficient (Wildman–Crippen LogP) is 4.40. The average molecular weight is 319 g/mol. The van der Waals surface area contributed by atoms with Gasteiger partial charge >= 0.3 is 6.03 Å². The summed E-state index contributed by atoms with van der Waals surface area (Å²) in [5.41, 5.74) is 3.15. The van der Waals surface area contributed by atoms with Gasteiger partial charge in [-0.1, -0.05) is 24.3 Å². The molecule has 0 fully saturated rings. The van der Waals surface area contributed by atoms with Crippen molar-refractivity contribution in [1.82, 2.24) is 4.98 Å². The lowest BCUT2D eigenvalue weighted by Gasteiger charge is -2.13. The third-order valence-corrected chi connectivity index (χ3v) is 3.48. The van der Waals surface area contributed by atoms with Crippen molar-refractivity contribution in [2.75, 3.05) is 17.7 Å². The SMILES string of the molecule is COc1ccc(-c2cccnc2)c(NC(=O)Nc2ccccc2)c1. The fourth-order valence-corrected chi connectivity index (χ4v) is 2.33. The minimum absolute atomic E-state index is 0.320. The lowest BCUT2D eigenvalue weighted by molar-refractivity contribution is 0.262. The molecule has 0 saturated carbocycles. The van der Waals surface area contributed by atoms with Crippen LogP contribution in [0.4, 0.5) is 16.2 Å². The van der Waals surface area contributed by atoms with Gasteiger partial charge in [-0.05, 0) is 30.3 Å². The Hall–Kier alpha value is -3.34. The van der Waals surface area contributed by atoms with Crippen LogP contribution in [0.2, 0.25) is 0 Å². The second-order valence-electron chi connectivity index (χ2n) is 5.10. The molecule has 120 valence electrons. The van der Waals surface area contributed by atoms with Gasteiger partial charge in [0.25, 0.3) is 0 Å². The molecular weight excluding hydrogens is 302 g/mol. The molecule has 0 radical (unpaired) electrons. The van der Waals surface area contributed by atoms with Crippen LogP contribution in [0.5, 0.6) is 5.75 Å². The van der Waals surface area contributed by atoms with Crippen molar-refractivity contribution in [2.45, 2.75) is 0 Å². The first-order valence-corrected chi connectivity index (χ1v) is 7.48. The summed E-state index contributed by atoms with van der Waals surface area (Å²) < 4.78 is 5.26. The maximum Gasteiger partial charge on any atom is 0.323 e. The van der Waals surface area contributed by atoms with E-state index >= 15 is 0 Å². The summed E-state index contributed by atoms with van der Waals surface area (Å²) in [6.45, 7) is 0. The molecule has 0 spiro atoms. The molecule has 0 bridgehead atoms. The summed E-state index contributed by atoms with van der Waals surface area (Å²) in [4.78, 5) is 16.4. The molecular formula is C19H17N3O2. The van der Waals surface area contributed by atoms with Crippen molar-refractivity contribution in [3.63, 3.8) is 0 Å². The number of rotatable bonds is 4. The zero-order valence-electron chi connectivity index (χ0n) is 13.2. The van der Waals surface area contributed by atoms with Crippen LogP contribution in [0.3, 0.4) is 0 Å². The Bertz CT molecular complexity index is 821. The van der Waals surface area contributed by atoms with Gasteiger partial charge in [0.05, 0.1) is 12.8 Å².